The maximum absolute atomic E-state index is 13.3. The third-order valence-electron chi connectivity index (χ3n) is 6.24. The summed E-state index contributed by atoms with van der Waals surface area (Å²) < 4.78 is 33.1. The van der Waals surface area contributed by atoms with Crippen LogP contribution in [-0.2, 0) is 24.3 Å². The van der Waals surface area contributed by atoms with E-state index < -0.39 is 10.0 Å². The summed E-state index contributed by atoms with van der Waals surface area (Å²) in [4.78, 5) is 26.1. The SMILES string of the molecule is Cc1cc(C)c(C)c(S(=O)(=O)N2CCN(C(=O)COC(=O)[C@H]3C[C@@H]3C)CC2)c1C. The Morgan fingerprint density at radius 2 is 1.55 bits per heavy atom. The minimum Gasteiger partial charge on any atom is -0.455 e. The minimum absolute atomic E-state index is 0.0749. The van der Waals surface area contributed by atoms with Crippen LogP contribution in [-0.4, -0.2) is 62.3 Å². The first-order chi connectivity index (χ1) is 13.5. The summed E-state index contributed by atoms with van der Waals surface area (Å²) in [6.45, 7) is 10.3. The van der Waals surface area contributed by atoms with Crippen LogP contribution in [0.2, 0.25) is 0 Å². The van der Waals surface area contributed by atoms with Crippen molar-refractivity contribution in [1.82, 2.24) is 9.21 Å². The summed E-state index contributed by atoms with van der Waals surface area (Å²) in [6, 6.07) is 2.00. The van der Waals surface area contributed by atoms with E-state index in [1.807, 2.05) is 40.7 Å². The fraction of sp³-hybridized carbons (Fsp3) is 0.619. The third-order valence-corrected chi connectivity index (χ3v) is 8.41. The number of piperazine rings is 1. The number of amides is 1. The van der Waals surface area contributed by atoms with Crippen LogP contribution in [0.3, 0.4) is 0 Å². The maximum Gasteiger partial charge on any atom is 0.309 e. The highest BCUT2D eigenvalue weighted by molar-refractivity contribution is 7.89. The molecule has 0 bridgehead atoms. The molecule has 29 heavy (non-hydrogen) atoms. The van der Waals surface area contributed by atoms with Gasteiger partial charge < -0.3 is 9.64 Å². The molecule has 1 aromatic rings. The number of rotatable bonds is 5. The summed E-state index contributed by atoms with van der Waals surface area (Å²) in [5.41, 5.74) is 3.44. The zero-order valence-corrected chi connectivity index (χ0v) is 18.6. The van der Waals surface area contributed by atoms with Gasteiger partial charge in [-0.15, -0.1) is 0 Å². The predicted octanol–water partition coefficient (Wildman–Crippen LogP) is 1.95. The molecule has 0 spiro atoms. The number of hydrogen-bond donors (Lipinski definition) is 0. The summed E-state index contributed by atoms with van der Waals surface area (Å²) >= 11 is 0. The van der Waals surface area contributed by atoms with Crippen LogP contribution in [0.25, 0.3) is 0 Å². The van der Waals surface area contributed by atoms with Gasteiger partial charge in [-0.05, 0) is 62.3 Å². The largest absolute Gasteiger partial charge is 0.455 e. The second kappa shape index (κ2) is 8.07. The van der Waals surface area contributed by atoms with Gasteiger partial charge in [-0.1, -0.05) is 13.0 Å². The van der Waals surface area contributed by atoms with Crippen LogP contribution in [0.4, 0.5) is 0 Å². The lowest BCUT2D eigenvalue weighted by Gasteiger charge is -2.34. The fourth-order valence-electron chi connectivity index (χ4n) is 3.86. The normalized spacial score (nSPS) is 22.4. The maximum atomic E-state index is 13.3. The van der Waals surface area contributed by atoms with Gasteiger partial charge in [0.05, 0.1) is 10.8 Å². The monoisotopic (exact) mass is 422 g/mol. The number of esters is 1. The van der Waals surface area contributed by atoms with Gasteiger partial charge >= 0.3 is 5.97 Å². The molecule has 2 aliphatic rings. The molecular weight excluding hydrogens is 392 g/mol. The van der Waals surface area contributed by atoms with E-state index in [-0.39, 0.29) is 37.5 Å². The predicted molar refractivity (Wildman–Crippen MR) is 109 cm³/mol. The van der Waals surface area contributed by atoms with E-state index in [0.717, 1.165) is 28.7 Å². The Hall–Kier alpha value is -1.93. The lowest BCUT2D eigenvalue weighted by molar-refractivity contribution is -0.153. The first kappa shape index (κ1) is 21.8. The Morgan fingerprint density at radius 3 is 2.03 bits per heavy atom. The van der Waals surface area contributed by atoms with Crippen LogP contribution in [0.5, 0.6) is 0 Å². The second-order valence-electron chi connectivity index (χ2n) is 8.30. The van der Waals surface area contributed by atoms with Crippen LogP contribution in [0.15, 0.2) is 11.0 Å². The van der Waals surface area contributed by atoms with Crippen molar-refractivity contribution in [2.24, 2.45) is 11.8 Å². The summed E-state index contributed by atoms with van der Waals surface area (Å²) in [5, 5.41) is 0. The Balaban J connectivity index is 1.63. The van der Waals surface area contributed by atoms with Gasteiger partial charge in [-0.3, -0.25) is 9.59 Å². The third kappa shape index (κ3) is 4.33. The van der Waals surface area contributed by atoms with Crippen molar-refractivity contribution in [2.75, 3.05) is 32.8 Å². The highest BCUT2D eigenvalue weighted by Gasteiger charge is 2.41. The van der Waals surface area contributed by atoms with Crippen LogP contribution < -0.4 is 0 Å². The molecule has 1 aliphatic carbocycles. The number of hydrogen-bond acceptors (Lipinski definition) is 5. The number of aryl methyl sites for hydroxylation is 2. The van der Waals surface area contributed by atoms with E-state index in [1.165, 1.54) is 4.31 Å². The lowest BCUT2D eigenvalue weighted by atomic mass is 10.0. The van der Waals surface area contributed by atoms with Crippen molar-refractivity contribution in [3.05, 3.63) is 28.3 Å². The minimum atomic E-state index is -3.64. The molecular formula is C21H30N2O5S. The quantitative estimate of drug-likeness (QED) is 0.677. The molecule has 1 saturated carbocycles. The smallest absolute Gasteiger partial charge is 0.309 e. The van der Waals surface area contributed by atoms with Gasteiger partial charge in [0.25, 0.3) is 5.91 Å². The number of sulfonamides is 1. The van der Waals surface area contributed by atoms with Gasteiger partial charge in [0.2, 0.25) is 10.0 Å². The zero-order valence-electron chi connectivity index (χ0n) is 17.8. The van der Waals surface area contributed by atoms with E-state index in [9.17, 15) is 18.0 Å². The van der Waals surface area contributed by atoms with Gasteiger partial charge in [-0.2, -0.15) is 4.31 Å². The van der Waals surface area contributed by atoms with E-state index in [4.69, 9.17) is 4.74 Å². The van der Waals surface area contributed by atoms with E-state index in [0.29, 0.717) is 23.9 Å². The Labute approximate surface area is 173 Å². The summed E-state index contributed by atoms with van der Waals surface area (Å²) in [7, 11) is -3.64. The number of ether oxygens (including phenoxy) is 1. The molecule has 2 atom stereocenters. The fourth-order valence-corrected chi connectivity index (χ4v) is 5.85. The van der Waals surface area contributed by atoms with Crippen LogP contribution in [0.1, 0.15) is 35.6 Å². The Morgan fingerprint density at radius 1 is 1.03 bits per heavy atom. The average Bonchev–Trinajstić information content (AvgIpc) is 3.41. The van der Waals surface area contributed by atoms with Crippen LogP contribution >= 0.6 is 0 Å². The van der Waals surface area contributed by atoms with Crippen molar-refractivity contribution in [3.8, 4) is 0 Å². The molecule has 1 heterocycles. The van der Waals surface area contributed by atoms with Crippen molar-refractivity contribution in [3.63, 3.8) is 0 Å². The highest BCUT2D eigenvalue weighted by atomic mass is 32.2. The van der Waals surface area contributed by atoms with Crippen molar-refractivity contribution in [2.45, 2.75) is 45.9 Å². The number of carbonyl (C=O) groups is 2. The molecule has 2 fully saturated rings. The Bertz CT molecular complexity index is 907. The zero-order chi connectivity index (χ0) is 21.5. The summed E-state index contributed by atoms with van der Waals surface area (Å²) in [6.07, 6.45) is 0.820. The van der Waals surface area contributed by atoms with Gasteiger partial charge in [0, 0.05) is 26.2 Å². The van der Waals surface area contributed by atoms with Gasteiger partial charge in [0.15, 0.2) is 6.61 Å². The Kier molecular flexibility index (Phi) is 6.06. The number of carbonyl (C=O) groups excluding carboxylic acids is 2. The molecule has 0 N–H and O–H groups in total. The molecule has 8 heteroatoms. The average molecular weight is 423 g/mol. The standard InChI is InChI=1S/C21H30N2O5S/c1-13-10-14(2)17(5)20(16(13)4)29(26,27)23-8-6-22(7-9-23)19(24)12-28-21(25)18-11-15(18)3/h10,15,18H,6-9,11-12H2,1-5H3/t15-,18-/m0/s1. The second-order valence-corrected chi connectivity index (χ2v) is 10.2. The lowest BCUT2D eigenvalue weighted by Crippen LogP contribution is -2.51. The van der Waals surface area contributed by atoms with Crippen molar-refractivity contribution in [1.29, 1.82) is 0 Å². The van der Waals surface area contributed by atoms with Crippen LogP contribution in [0, 0.1) is 39.5 Å². The molecule has 3 rings (SSSR count). The molecule has 1 saturated heterocycles. The number of benzene rings is 1. The van der Waals surface area contributed by atoms with E-state index >= 15 is 0 Å². The molecule has 7 nitrogen and oxygen atoms in total. The highest BCUT2D eigenvalue weighted by Crippen LogP contribution is 2.38. The van der Waals surface area contributed by atoms with Crippen molar-refractivity contribution < 1.29 is 22.7 Å². The first-order valence-electron chi connectivity index (χ1n) is 10.1. The topological polar surface area (TPSA) is 84.0 Å². The summed E-state index contributed by atoms with van der Waals surface area (Å²) in [5.74, 6) is -0.326. The van der Waals surface area contributed by atoms with Gasteiger partial charge in [-0.25, -0.2) is 8.42 Å². The number of nitrogens with zero attached hydrogens (tertiary/aromatic N) is 2. The molecule has 0 radical (unpaired) electrons. The first-order valence-corrected chi connectivity index (χ1v) is 11.5. The molecule has 1 amide bonds. The molecule has 0 unspecified atom stereocenters. The molecule has 160 valence electrons. The molecule has 0 aromatic heterocycles. The van der Waals surface area contributed by atoms with E-state index in [1.54, 1.807) is 4.90 Å². The molecule has 1 aliphatic heterocycles. The van der Waals surface area contributed by atoms with Crippen molar-refractivity contribution >= 4 is 21.9 Å². The molecule has 1 aromatic carbocycles. The van der Waals surface area contributed by atoms with Gasteiger partial charge in [0.1, 0.15) is 0 Å². The van der Waals surface area contributed by atoms with E-state index in [2.05, 4.69) is 0 Å².